The molecule has 0 saturated heterocycles. The van der Waals surface area contributed by atoms with E-state index in [9.17, 15) is 4.79 Å². The van der Waals surface area contributed by atoms with Gasteiger partial charge in [-0.3, -0.25) is 10.1 Å². The van der Waals surface area contributed by atoms with Crippen LogP contribution in [-0.4, -0.2) is 42.9 Å². The normalized spacial score (nSPS) is 11.2. The standard InChI is InChI=1S/C20H16Cl3N9OS3/c21-13-6-4-11(5-7-13)9-35-20-31-29-18(36-20)26-15(33)10-34-19-30-28-17(32(19)24)27-25-8-12-2-1-3-14(22)16(12)23/h1-8H,9-10,24H2,(H,27,28)(H,26,29,33)/b25-8+. The molecular weight excluding hydrogens is 585 g/mol. The van der Waals surface area contributed by atoms with Gasteiger partial charge in [0.2, 0.25) is 16.2 Å². The summed E-state index contributed by atoms with van der Waals surface area (Å²) in [6, 6.07) is 12.8. The molecule has 0 aliphatic heterocycles. The molecule has 186 valence electrons. The summed E-state index contributed by atoms with van der Waals surface area (Å²) in [5, 5.41) is 25.0. The first-order chi connectivity index (χ1) is 17.4. The number of carbonyl (C=O) groups is 1. The Morgan fingerprint density at radius 2 is 1.89 bits per heavy atom. The zero-order valence-electron chi connectivity index (χ0n) is 18.1. The van der Waals surface area contributed by atoms with Crippen molar-refractivity contribution in [2.24, 2.45) is 5.10 Å². The van der Waals surface area contributed by atoms with E-state index in [4.69, 9.17) is 40.6 Å². The summed E-state index contributed by atoms with van der Waals surface area (Å²) < 4.78 is 1.93. The number of nitrogens with zero attached hydrogens (tertiary/aromatic N) is 6. The molecule has 0 radical (unpaired) electrons. The summed E-state index contributed by atoms with van der Waals surface area (Å²) in [4.78, 5) is 12.3. The summed E-state index contributed by atoms with van der Waals surface area (Å²) in [5.74, 6) is 6.65. The minimum absolute atomic E-state index is 0.0452. The lowest BCUT2D eigenvalue weighted by molar-refractivity contribution is -0.113. The zero-order valence-corrected chi connectivity index (χ0v) is 22.8. The van der Waals surface area contributed by atoms with Gasteiger partial charge in [-0.1, -0.05) is 93.9 Å². The van der Waals surface area contributed by atoms with Crippen molar-refractivity contribution in [3.05, 3.63) is 68.7 Å². The van der Waals surface area contributed by atoms with E-state index >= 15 is 0 Å². The molecule has 0 aliphatic carbocycles. The topological polar surface area (TPSA) is 136 Å². The van der Waals surface area contributed by atoms with E-state index in [1.165, 1.54) is 34.0 Å². The van der Waals surface area contributed by atoms with E-state index < -0.39 is 0 Å². The van der Waals surface area contributed by atoms with Crippen LogP contribution in [0.1, 0.15) is 11.1 Å². The molecule has 2 heterocycles. The number of nitrogens with two attached hydrogens (primary N) is 1. The molecule has 0 saturated carbocycles. The first-order valence-electron chi connectivity index (χ1n) is 9.96. The average molecular weight is 601 g/mol. The summed E-state index contributed by atoms with van der Waals surface area (Å²) in [5.41, 5.74) is 4.41. The van der Waals surface area contributed by atoms with Crippen molar-refractivity contribution >= 4 is 92.9 Å². The lowest BCUT2D eigenvalue weighted by Crippen LogP contribution is -2.16. The number of hydrogen-bond acceptors (Lipinski definition) is 11. The van der Waals surface area contributed by atoms with Gasteiger partial charge in [-0.15, -0.1) is 20.4 Å². The number of amides is 1. The van der Waals surface area contributed by atoms with Gasteiger partial charge in [-0.05, 0) is 23.8 Å². The van der Waals surface area contributed by atoms with E-state index in [1.807, 2.05) is 24.3 Å². The highest BCUT2D eigenvalue weighted by Gasteiger charge is 2.14. The van der Waals surface area contributed by atoms with Crippen LogP contribution in [0, 0.1) is 0 Å². The van der Waals surface area contributed by atoms with Crippen molar-refractivity contribution in [3.63, 3.8) is 0 Å². The second kappa shape index (κ2) is 12.6. The average Bonchev–Trinajstić information content (AvgIpc) is 3.46. The summed E-state index contributed by atoms with van der Waals surface area (Å²) in [7, 11) is 0. The number of nitrogens with one attached hydrogen (secondary N) is 2. The molecule has 0 atom stereocenters. The quantitative estimate of drug-likeness (QED) is 0.0731. The molecule has 2 aromatic heterocycles. The molecule has 0 bridgehead atoms. The number of anilines is 2. The molecule has 4 aromatic rings. The van der Waals surface area contributed by atoms with Crippen molar-refractivity contribution < 1.29 is 4.79 Å². The first kappa shape index (κ1) is 26.5. The van der Waals surface area contributed by atoms with Crippen molar-refractivity contribution in [1.29, 1.82) is 0 Å². The number of benzene rings is 2. The van der Waals surface area contributed by atoms with Crippen LogP contribution >= 0.6 is 69.7 Å². The van der Waals surface area contributed by atoms with Crippen LogP contribution < -0.4 is 16.6 Å². The monoisotopic (exact) mass is 599 g/mol. The maximum atomic E-state index is 12.3. The highest BCUT2D eigenvalue weighted by atomic mass is 35.5. The number of nitrogen functional groups attached to an aromatic ring is 1. The highest BCUT2D eigenvalue weighted by Crippen LogP contribution is 2.29. The smallest absolute Gasteiger partial charge is 0.264 e. The fourth-order valence-electron chi connectivity index (χ4n) is 2.56. The highest BCUT2D eigenvalue weighted by molar-refractivity contribution is 8.00. The molecule has 4 rings (SSSR count). The largest absolute Gasteiger partial charge is 0.334 e. The van der Waals surface area contributed by atoms with Gasteiger partial charge in [0.25, 0.3) is 5.95 Å². The van der Waals surface area contributed by atoms with Crippen LogP contribution in [0.4, 0.5) is 11.1 Å². The third-order valence-corrected chi connectivity index (χ3v) is 8.35. The van der Waals surface area contributed by atoms with Gasteiger partial charge in [0.05, 0.1) is 22.0 Å². The number of rotatable bonds is 10. The van der Waals surface area contributed by atoms with Crippen LogP contribution in [0.3, 0.4) is 0 Å². The predicted octanol–water partition coefficient (Wildman–Crippen LogP) is 5.27. The van der Waals surface area contributed by atoms with Gasteiger partial charge in [-0.25, -0.2) is 10.1 Å². The Hall–Kier alpha value is -2.55. The second-order valence-electron chi connectivity index (χ2n) is 6.81. The van der Waals surface area contributed by atoms with Crippen LogP contribution in [0.25, 0.3) is 0 Å². The molecule has 0 aliphatic rings. The van der Waals surface area contributed by atoms with E-state index in [2.05, 4.69) is 36.2 Å². The molecule has 0 spiro atoms. The SMILES string of the molecule is Nn1c(N/N=C/c2cccc(Cl)c2Cl)nnc1SCC(=O)Nc1nnc(SCc2ccc(Cl)cc2)s1. The Kier molecular flexibility index (Phi) is 9.29. The van der Waals surface area contributed by atoms with Gasteiger partial charge in [-0.2, -0.15) is 5.10 Å². The lowest BCUT2D eigenvalue weighted by Gasteiger charge is -2.03. The van der Waals surface area contributed by atoms with Gasteiger partial charge < -0.3 is 5.84 Å². The minimum atomic E-state index is -0.281. The Morgan fingerprint density at radius 3 is 2.69 bits per heavy atom. The summed E-state index contributed by atoms with van der Waals surface area (Å²) in [6.45, 7) is 0. The molecule has 10 nitrogen and oxygen atoms in total. The van der Waals surface area contributed by atoms with Crippen molar-refractivity contribution in [3.8, 4) is 0 Å². The van der Waals surface area contributed by atoms with Crippen LogP contribution in [-0.2, 0) is 10.5 Å². The third kappa shape index (κ3) is 7.24. The number of hydrazone groups is 1. The predicted molar refractivity (Wildman–Crippen MR) is 148 cm³/mol. The lowest BCUT2D eigenvalue weighted by atomic mass is 10.2. The first-order valence-corrected chi connectivity index (χ1v) is 13.9. The van der Waals surface area contributed by atoms with E-state index in [0.717, 1.165) is 21.7 Å². The fraction of sp³-hybridized carbons (Fsp3) is 0.100. The Morgan fingerprint density at radius 1 is 1.08 bits per heavy atom. The van der Waals surface area contributed by atoms with Crippen LogP contribution in [0.5, 0.6) is 0 Å². The van der Waals surface area contributed by atoms with Gasteiger partial charge in [0.15, 0.2) is 4.34 Å². The molecule has 0 unspecified atom stereocenters. The molecule has 4 N–H and O–H groups in total. The fourth-order valence-corrected chi connectivity index (χ4v) is 5.42. The molecule has 36 heavy (non-hydrogen) atoms. The maximum absolute atomic E-state index is 12.3. The Balaban J connectivity index is 1.24. The van der Waals surface area contributed by atoms with Crippen molar-refractivity contribution in [1.82, 2.24) is 25.1 Å². The minimum Gasteiger partial charge on any atom is -0.334 e. The number of thioether (sulfide) groups is 2. The van der Waals surface area contributed by atoms with Gasteiger partial charge in [0, 0.05) is 16.3 Å². The van der Waals surface area contributed by atoms with Crippen LogP contribution in [0.15, 0.2) is 57.1 Å². The van der Waals surface area contributed by atoms with Gasteiger partial charge >= 0.3 is 0 Å². The maximum Gasteiger partial charge on any atom is 0.264 e. The van der Waals surface area contributed by atoms with Crippen LogP contribution in [0.2, 0.25) is 15.1 Å². The Bertz CT molecular complexity index is 1380. The molecular formula is C20H16Cl3N9OS3. The Labute approximate surface area is 233 Å². The van der Waals surface area contributed by atoms with Gasteiger partial charge in [0.1, 0.15) is 0 Å². The summed E-state index contributed by atoms with van der Waals surface area (Å²) in [6.07, 6.45) is 1.48. The second-order valence-corrected chi connectivity index (χ2v) is 11.2. The van der Waals surface area contributed by atoms with Crippen molar-refractivity contribution in [2.45, 2.75) is 15.2 Å². The van der Waals surface area contributed by atoms with E-state index in [0.29, 0.717) is 36.7 Å². The van der Waals surface area contributed by atoms with E-state index in [1.54, 1.807) is 18.2 Å². The third-order valence-electron chi connectivity index (χ3n) is 4.27. The van der Waals surface area contributed by atoms with Crippen molar-refractivity contribution in [2.75, 3.05) is 22.3 Å². The number of aromatic nitrogens is 5. The molecule has 0 fully saturated rings. The zero-order chi connectivity index (χ0) is 25.5. The number of halogens is 3. The number of hydrogen-bond donors (Lipinski definition) is 3. The molecule has 1 amide bonds. The molecule has 2 aromatic carbocycles. The molecule has 16 heteroatoms. The number of carbonyl (C=O) groups excluding carboxylic acids is 1. The van der Waals surface area contributed by atoms with E-state index in [-0.39, 0.29) is 17.6 Å². The summed E-state index contributed by atoms with van der Waals surface area (Å²) >= 11 is 21.9.